The Hall–Kier alpha value is -3.49. The number of imidazole rings is 1. The zero-order valence-electron chi connectivity index (χ0n) is 21.0. The van der Waals surface area contributed by atoms with Crippen LogP contribution in [0.5, 0.6) is 0 Å². The molecule has 7 nitrogen and oxygen atoms in total. The molecule has 2 aromatic carbocycles. The number of carboxylic acid groups (broad SMARTS) is 1. The first kappa shape index (κ1) is 25.2. The summed E-state index contributed by atoms with van der Waals surface area (Å²) < 4.78 is 34.6. The fourth-order valence-electron chi connectivity index (χ4n) is 5.88. The number of carbonyl (C=O) groups excluding carboxylic acids is 1. The van der Waals surface area contributed by atoms with Gasteiger partial charge in [-0.15, -0.1) is 0 Å². The Morgan fingerprint density at radius 2 is 2.00 bits per heavy atom. The number of aliphatic carboxylic acids is 1. The molecule has 9 heteroatoms. The van der Waals surface area contributed by atoms with Gasteiger partial charge in [-0.1, -0.05) is 25.5 Å². The molecule has 5 rings (SSSR count). The molecule has 196 valence electrons. The van der Waals surface area contributed by atoms with Crippen LogP contribution in [-0.2, 0) is 29.0 Å². The van der Waals surface area contributed by atoms with Crippen LogP contribution in [-0.4, -0.2) is 45.3 Å². The van der Waals surface area contributed by atoms with Gasteiger partial charge in [0.15, 0.2) is 11.6 Å². The van der Waals surface area contributed by atoms with Gasteiger partial charge in [0.25, 0.3) is 0 Å². The van der Waals surface area contributed by atoms with Crippen molar-refractivity contribution in [2.75, 3.05) is 13.7 Å². The quantitative estimate of drug-likeness (QED) is 0.482. The van der Waals surface area contributed by atoms with Gasteiger partial charge in [-0.25, -0.2) is 18.6 Å². The van der Waals surface area contributed by atoms with E-state index in [0.29, 0.717) is 44.5 Å². The van der Waals surface area contributed by atoms with Crippen molar-refractivity contribution in [3.63, 3.8) is 0 Å². The van der Waals surface area contributed by atoms with Crippen LogP contribution in [0.25, 0.3) is 11.0 Å². The normalized spacial score (nSPS) is 20.5. The van der Waals surface area contributed by atoms with E-state index in [1.54, 1.807) is 11.0 Å². The second kappa shape index (κ2) is 10.1. The minimum absolute atomic E-state index is 0.0321. The van der Waals surface area contributed by atoms with E-state index >= 15 is 0 Å². The number of fused-ring (bicyclic) bond motifs is 3. The number of hydrogen-bond acceptors (Lipinski definition) is 4. The van der Waals surface area contributed by atoms with E-state index in [1.165, 1.54) is 13.2 Å². The summed E-state index contributed by atoms with van der Waals surface area (Å²) in [4.78, 5) is 30.8. The van der Waals surface area contributed by atoms with Crippen molar-refractivity contribution in [2.24, 2.45) is 5.92 Å². The van der Waals surface area contributed by atoms with Crippen LogP contribution in [0.2, 0.25) is 0 Å². The topological polar surface area (TPSA) is 84.7 Å². The second-order valence-corrected chi connectivity index (χ2v) is 10.3. The number of carboxylic acids is 1. The summed E-state index contributed by atoms with van der Waals surface area (Å²) >= 11 is 0. The molecule has 1 aliphatic carbocycles. The number of carbonyl (C=O) groups is 2. The fraction of sp³-hybridized carbons (Fsp3) is 0.464. The number of methoxy groups -OCH3 is 1. The molecule has 1 saturated carbocycles. The first-order valence-corrected chi connectivity index (χ1v) is 12.8. The molecule has 1 aromatic heterocycles. The molecule has 1 amide bonds. The minimum Gasteiger partial charge on any atom is -0.481 e. The Morgan fingerprint density at radius 3 is 2.73 bits per heavy atom. The summed E-state index contributed by atoms with van der Waals surface area (Å²) in [6, 6.07) is 8.07. The van der Waals surface area contributed by atoms with Gasteiger partial charge < -0.3 is 19.3 Å². The Bertz CT molecular complexity index is 1350. The molecule has 0 radical (unpaired) electrons. The van der Waals surface area contributed by atoms with E-state index < -0.39 is 23.5 Å². The molecule has 0 bridgehead atoms. The van der Waals surface area contributed by atoms with E-state index in [-0.39, 0.29) is 17.9 Å². The second-order valence-electron chi connectivity index (χ2n) is 10.3. The summed E-state index contributed by atoms with van der Waals surface area (Å²) in [5, 5.41) is 9.67. The smallest absolute Gasteiger partial charge is 0.409 e. The number of rotatable bonds is 5. The van der Waals surface area contributed by atoms with E-state index in [2.05, 4.69) is 10.6 Å². The van der Waals surface area contributed by atoms with Gasteiger partial charge in [-0.05, 0) is 60.9 Å². The van der Waals surface area contributed by atoms with Crippen LogP contribution in [0.4, 0.5) is 13.6 Å². The molecule has 2 heterocycles. The lowest BCUT2D eigenvalue weighted by Gasteiger charge is -2.28. The van der Waals surface area contributed by atoms with Crippen molar-refractivity contribution < 1.29 is 28.2 Å². The van der Waals surface area contributed by atoms with E-state index in [1.807, 2.05) is 13.0 Å². The lowest BCUT2D eigenvalue weighted by atomic mass is 9.81. The molecule has 37 heavy (non-hydrogen) atoms. The van der Waals surface area contributed by atoms with E-state index in [0.717, 1.165) is 46.9 Å². The third kappa shape index (κ3) is 4.79. The lowest BCUT2D eigenvalue weighted by Crippen LogP contribution is -2.35. The van der Waals surface area contributed by atoms with Gasteiger partial charge in [0.2, 0.25) is 0 Å². The molecule has 3 atom stereocenters. The fourth-order valence-corrected chi connectivity index (χ4v) is 5.88. The maximum atomic E-state index is 14.0. The number of halogens is 2. The molecular weight excluding hydrogens is 480 g/mol. The zero-order valence-corrected chi connectivity index (χ0v) is 21.0. The van der Waals surface area contributed by atoms with Crippen molar-refractivity contribution >= 4 is 23.1 Å². The third-order valence-corrected chi connectivity index (χ3v) is 7.94. The molecule has 1 N–H and O–H groups in total. The lowest BCUT2D eigenvalue weighted by molar-refractivity contribution is -0.143. The Morgan fingerprint density at radius 1 is 1.19 bits per heavy atom. The highest BCUT2D eigenvalue weighted by Gasteiger charge is 2.33. The summed E-state index contributed by atoms with van der Waals surface area (Å²) in [5.41, 5.74) is 4.47. The monoisotopic (exact) mass is 511 g/mol. The number of hydrogen-bond donors (Lipinski definition) is 1. The summed E-state index contributed by atoms with van der Waals surface area (Å²) in [6.07, 6.45) is 3.11. The molecule has 2 aliphatic rings. The summed E-state index contributed by atoms with van der Waals surface area (Å²) in [5.74, 6) is -2.32. The molecular formula is C28H31F2N3O4. The highest BCUT2D eigenvalue weighted by Crippen LogP contribution is 2.39. The summed E-state index contributed by atoms with van der Waals surface area (Å²) in [7, 11) is 1.37. The molecule has 1 aliphatic heterocycles. The molecule has 0 spiro atoms. The number of aromatic nitrogens is 2. The maximum absolute atomic E-state index is 14.0. The standard InChI is InChI=1S/C28H31F2N3O4/c1-16(18-6-8-22(29)23(30)13-18)14-33-24-9-7-17-10-11-32(28(36)37-2)15-21(17)25(24)31-26(33)19-4-3-5-20(12-19)27(34)35/h6-9,13,16,19-20H,3-5,10-12,14-15H2,1-2H3,(H,34,35)/t16-,19?,20+/m1/s1. The van der Waals surface area contributed by atoms with Crippen LogP contribution in [0.15, 0.2) is 30.3 Å². The Balaban J connectivity index is 1.59. The predicted octanol–water partition coefficient (Wildman–Crippen LogP) is 5.60. The molecule has 1 unspecified atom stereocenters. The predicted molar refractivity (Wildman–Crippen MR) is 133 cm³/mol. The highest BCUT2D eigenvalue weighted by atomic mass is 19.2. The van der Waals surface area contributed by atoms with Crippen molar-refractivity contribution in [1.82, 2.24) is 14.5 Å². The van der Waals surface area contributed by atoms with E-state index in [4.69, 9.17) is 9.72 Å². The average Bonchev–Trinajstić information content (AvgIpc) is 3.28. The maximum Gasteiger partial charge on any atom is 0.409 e. The molecule has 0 saturated heterocycles. The SMILES string of the molecule is COC(=O)N1CCc2ccc3c(nc(C4CCC[C@H](C(=O)O)C4)n3C[C@@H](C)c3ccc(F)c(F)c3)c2C1. The van der Waals surface area contributed by atoms with Crippen LogP contribution >= 0.6 is 0 Å². The van der Waals surface area contributed by atoms with Crippen LogP contribution in [0, 0.1) is 17.6 Å². The van der Waals surface area contributed by atoms with Gasteiger partial charge in [-0.2, -0.15) is 0 Å². The zero-order chi connectivity index (χ0) is 26.3. The molecule has 3 aromatic rings. The van der Waals surface area contributed by atoms with Crippen molar-refractivity contribution in [3.8, 4) is 0 Å². The summed E-state index contributed by atoms with van der Waals surface area (Å²) in [6.45, 7) is 3.39. The Kier molecular flexibility index (Phi) is 6.88. The van der Waals surface area contributed by atoms with Crippen LogP contribution in [0.1, 0.15) is 67.0 Å². The van der Waals surface area contributed by atoms with Crippen molar-refractivity contribution in [3.05, 3.63) is 64.5 Å². The third-order valence-electron chi connectivity index (χ3n) is 7.94. The number of ether oxygens (including phenoxy) is 1. The van der Waals surface area contributed by atoms with Crippen molar-refractivity contribution in [2.45, 2.75) is 64.0 Å². The number of benzene rings is 2. The van der Waals surface area contributed by atoms with Gasteiger partial charge >= 0.3 is 12.1 Å². The van der Waals surface area contributed by atoms with Gasteiger partial charge in [0, 0.05) is 24.6 Å². The average molecular weight is 512 g/mol. The van der Waals surface area contributed by atoms with Gasteiger partial charge in [-0.3, -0.25) is 4.79 Å². The number of nitrogens with zero attached hydrogens (tertiary/aromatic N) is 3. The van der Waals surface area contributed by atoms with Crippen molar-refractivity contribution in [1.29, 1.82) is 0 Å². The largest absolute Gasteiger partial charge is 0.481 e. The first-order chi connectivity index (χ1) is 17.8. The Labute approximate surface area is 214 Å². The van der Waals surface area contributed by atoms with Gasteiger partial charge in [0.05, 0.1) is 30.6 Å². The number of amides is 1. The van der Waals surface area contributed by atoms with E-state index in [9.17, 15) is 23.5 Å². The van der Waals surface area contributed by atoms with Gasteiger partial charge in [0.1, 0.15) is 5.82 Å². The minimum atomic E-state index is -0.881. The highest BCUT2D eigenvalue weighted by molar-refractivity contribution is 5.82. The first-order valence-electron chi connectivity index (χ1n) is 12.8. The molecule has 1 fully saturated rings. The van der Waals surface area contributed by atoms with Crippen LogP contribution < -0.4 is 0 Å². The van der Waals surface area contributed by atoms with Crippen LogP contribution in [0.3, 0.4) is 0 Å².